The lowest BCUT2D eigenvalue weighted by Gasteiger charge is -2.16. The Bertz CT molecular complexity index is 526. The third-order valence-electron chi connectivity index (χ3n) is 2.80. The molecule has 0 bridgehead atoms. The van der Waals surface area contributed by atoms with Crippen molar-refractivity contribution in [1.29, 1.82) is 0 Å². The highest BCUT2D eigenvalue weighted by Crippen LogP contribution is 2.26. The van der Waals surface area contributed by atoms with E-state index in [-0.39, 0.29) is 12.0 Å². The van der Waals surface area contributed by atoms with E-state index in [4.69, 9.17) is 0 Å². The van der Waals surface area contributed by atoms with Gasteiger partial charge in [-0.15, -0.1) is 11.3 Å². The van der Waals surface area contributed by atoms with Crippen molar-refractivity contribution in [3.8, 4) is 0 Å². The van der Waals surface area contributed by atoms with E-state index in [2.05, 4.69) is 20.6 Å². The van der Waals surface area contributed by atoms with E-state index in [1.54, 1.807) is 18.4 Å². The third kappa shape index (κ3) is 2.70. The van der Waals surface area contributed by atoms with Crippen LogP contribution in [0, 0.1) is 5.92 Å². The van der Waals surface area contributed by atoms with Crippen LogP contribution in [-0.4, -0.2) is 34.8 Å². The zero-order chi connectivity index (χ0) is 13.1. The molecule has 0 amide bonds. The highest BCUT2D eigenvalue weighted by atomic mass is 32.1. The molecule has 0 aliphatic carbocycles. The lowest BCUT2D eigenvalue weighted by atomic mass is 10.1. The monoisotopic (exact) mass is 266 g/mol. The van der Waals surface area contributed by atoms with Gasteiger partial charge in [0.25, 0.3) is 0 Å². The number of aromatic nitrogens is 2. The van der Waals surface area contributed by atoms with Gasteiger partial charge >= 0.3 is 0 Å². The molecule has 98 valence electrons. The van der Waals surface area contributed by atoms with Crippen LogP contribution in [0.1, 0.15) is 13.8 Å². The van der Waals surface area contributed by atoms with Crippen molar-refractivity contribution in [2.75, 3.05) is 24.2 Å². The van der Waals surface area contributed by atoms with Crippen molar-refractivity contribution in [3.05, 3.63) is 11.4 Å². The van der Waals surface area contributed by atoms with Gasteiger partial charge in [-0.3, -0.25) is 0 Å². The highest BCUT2D eigenvalue weighted by Gasteiger charge is 2.12. The first-order valence-electron chi connectivity index (χ1n) is 5.96. The minimum Gasteiger partial charge on any atom is -0.391 e. The Morgan fingerprint density at radius 3 is 2.83 bits per heavy atom. The van der Waals surface area contributed by atoms with Crippen LogP contribution in [0.5, 0.6) is 0 Å². The Hall–Kier alpha value is -1.40. The topological polar surface area (TPSA) is 70.1 Å². The van der Waals surface area contributed by atoms with Crippen LogP contribution < -0.4 is 10.6 Å². The molecule has 0 radical (unpaired) electrons. The summed E-state index contributed by atoms with van der Waals surface area (Å²) < 4.78 is 0. The zero-order valence-electron chi connectivity index (χ0n) is 10.8. The van der Waals surface area contributed by atoms with Crippen molar-refractivity contribution in [2.45, 2.75) is 20.0 Å². The predicted molar refractivity (Wildman–Crippen MR) is 76.3 cm³/mol. The van der Waals surface area contributed by atoms with Crippen LogP contribution in [0.4, 0.5) is 11.8 Å². The van der Waals surface area contributed by atoms with Crippen molar-refractivity contribution in [2.24, 2.45) is 5.92 Å². The van der Waals surface area contributed by atoms with Gasteiger partial charge in [0.05, 0.1) is 11.5 Å². The zero-order valence-corrected chi connectivity index (χ0v) is 11.6. The molecule has 0 spiro atoms. The van der Waals surface area contributed by atoms with Crippen LogP contribution in [0.25, 0.3) is 10.2 Å². The first-order chi connectivity index (χ1) is 8.61. The molecule has 2 aromatic heterocycles. The summed E-state index contributed by atoms with van der Waals surface area (Å²) in [4.78, 5) is 9.70. The van der Waals surface area contributed by atoms with E-state index in [1.165, 1.54) is 0 Å². The van der Waals surface area contributed by atoms with Gasteiger partial charge in [-0.05, 0) is 17.4 Å². The van der Waals surface area contributed by atoms with Crippen LogP contribution in [0.15, 0.2) is 11.4 Å². The molecular formula is C12H18N4OS. The normalized spacial score (nSPS) is 12.9. The number of thiophene rings is 1. The second kappa shape index (κ2) is 5.49. The quantitative estimate of drug-likeness (QED) is 0.773. The van der Waals surface area contributed by atoms with Gasteiger partial charge in [0.2, 0.25) is 5.95 Å². The van der Waals surface area contributed by atoms with Crippen molar-refractivity contribution >= 4 is 33.3 Å². The fourth-order valence-corrected chi connectivity index (χ4v) is 2.30. The summed E-state index contributed by atoms with van der Waals surface area (Å²) in [6.07, 6.45) is -0.383. The van der Waals surface area contributed by atoms with E-state index < -0.39 is 0 Å². The average molecular weight is 266 g/mol. The summed E-state index contributed by atoms with van der Waals surface area (Å²) in [5, 5.41) is 18.9. The van der Waals surface area contributed by atoms with Gasteiger partial charge in [-0.2, -0.15) is 4.98 Å². The number of hydrogen-bond donors (Lipinski definition) is 3. The number of fused-ring (bicyclic) bond motifs is 1. The number of rotatable bonds is 5. The summed E-state index contributed by atoms with van der Waals surface area (Å²) in [6, 6.07) is 1.99. The number of aliphatic hydroxyl groups is 1. The van der Waals surface area contributed by atoms with Crippen LogP contribution in [-0.2, 0) is 0 Å². The summed E-state index contributed by atoms with van der Waals surface area (Å²) >= 11 is 1.58. The van der Waals surface area contributed by atoms with Crippen LogP contribution >= 0.6 is 11.3 Å². The maximum Gasteiger partial charge on any atom is 0.225 e. The van der Waals surface area contributed by atoms with Gasteiger partial charge < -0.3 is 15.7 Å². The Labute approximate surface area is 110 Å². The van der Waals surface area contributed by atoms with E-state index in [0.29, 0.717) is 12.5 Å². The molecule has 3 N–H and O–H groups in total. The summed E-state index contributed by atoms with van der Waals surface area (Å²) in [5.74, 6) is 1.58. The minimum absolute atomic E-state index is 0.223. The summed E-state index contributed by atoms with van der Waals surface area (Å²) in [6.45, 7) is 4.47. The molecule has 18 heavy (non-hydrogen) atoms. The Morgan fingerprint density at radius 2 is 2.17 bits per heavy atom. The lowest BCUT2D eigenvalue weighted by molar-refractivity contribution is 0.138. The first kappa shape index (κ1) is 13.0. The molecule has 0 saturated heterocycles. The standard InChI is InChI=1S/C12H18N4OS/c1-7(2)9(17)6-14-10-8-4-5-18-11(8)16-12(13-3)15-10/h4-5,7,9,17H,6H2,1-3H3,(H2,13,14,15,16). The smallest absolute Gasteiger partial charge is 0.225 e. The molecule has 0 saturated carbocycles. The van der Waals surface area contributed by atoms with Crippen molar-refractivity contribution in [1.82, 2.24) is 9.97 Å². The molecule has 2 rings (SSSR count). The molecule has 2 aromatic rings. The van der Waals surface area contributed by atoms with Gasteiger partial charge in [0.1, 0.15) is 10.6 Å². The summed E-state index contributed by atoms with van der Waals surface area (Å²) in [5.41, 5.74) is 0. The minimum atomic E-state index is -0.383. The van der Waals surface area contributed by atoms with Crippen LogP contribution in [0.3, 0.4) is 0 Å². The molecule has 0 fully saturated rings. The number of nitrogens with one attached hydrogen (secondary N) is 2. The Balaban J connectivity index is 2.23. The van der Waals surface area contributed by atoms with Crippen molar-refractivity contribution < 1.29 is 5.11 Å². The van der Waals surface area contributed by atoms with E-state index in [0.717, 1.165) is 16.0 Å². The Kier molecular flexibility index (Phi) is 3.98. The lowest BCUT2D eigenvalue weighted by Crippen LogP contribution is -2.25. The third-order valence-corrected chi connectivity index (χ3v) is 3.60. The number of nitrogens with zero attached hydrogens (tertiary/aromatic N) is 2. The Morgan fingerprint density at radius 1 is 1.39 bits per heavy atom. The number of aliphatic hydroxyl groups excluding tert-OH is 1. The maximum absolute atomic E-state index is 9.82. The fourth-order valence-electron chi connectivity index (χ4n) is 1.54. The number of anilines is 2. The van der Waals surface area contributed by atoms with Gasteiger partial charge in [-0.25, -0.2) is 4.98 Å². The SMILES string of the molecule is CNc1nc(NCC(O)C(C)C)c2ccsc2n1. The highest BCUT2D eigenvalue weighted by molar-refractivity contribution is 7.16. The molecule has 0 aliphatic rings. The number of hydrogen-bond acceptors (Lipinski definition) is 6. The molecule has 0 aliphatic heterocycles. The molecule has 5 nitrogen and oxygen atoms in total. The molecule has 2 heterocycles. The largest absolute Gasteiger partial charge is 0.391 e. The van der Waals surface area contributed by atoms with Gasteiger partial charge in [0, 0.05) is 13.6 Å². The second-order valence-electron chi connectivity index (χ2n) is 4.48. The maximum atomic E-state index is 9.82. The average Bonchev–Trinajstić information content (AvgIpc) is 2.83. The second-order valence-corrected chi connectivity index (χ2v) is 5.37. The fraction of sp³-hybridized carbons (Fsp3) is 0.500. The summed E-state index contributed by atoms with van der Waals surface area (Å²) in [7, 11) is 1.79. The molecule has 1 unspecified atom stereocenters. The van der Waals surface area contributed by atoms with Gasteiger partial charge in [0.15, 0.2) is 0 Å². The van der Waals surface area contributed by atoms with Crippen LogP contribution in [0.2, 0.25) is 0 Å². The predicted octanol–water partition coefficient (Wildman–Crippen LogP) is 2.16. The van der Waals surface area contributed by atoms with E-state index >= 15 is 0 Å². The molecule has 1 atom stereocenters. The van der Waals surface area contributed by atoms with E-state index in [1.807, 2.05) is 25.3 Å². The molecule has 6 heteroatoms. The van der Waals surface area contributed by atoms with Crippen molar-refractivity contribution in [3.63, 3.8) is 0 Å². The van der Waals surface area contributed by atoms with E-state index in [9.17, 15) is 5.11 Å². The first-order valence-corrected chi connectivity index (χ1v) is 6.84. The van der Waals surface area contributed by atoms with Gasteiger partial charge in [-0.1, -0.05) is 13.8 Å². The molecule has 0 aromatic carbocycles. The molecular weight excluding hydrogens is 248 g/mol.